The van der Waals surface area contributed by atoms with E-state index in [4.69, 9.17) is 4.74 Å². The van der Waals surface area contributed by atoms with Gasteiger partial charge in [-0.05, 0) is 30.9 Å². The summed E-state index contributed by atoms with van der Waals surface area (Å²) in [7, 11) is 0. The Labute approximate surface area is 133 Å². The van der Waals surface area contributed by atoms with Crippen LogP contribution in [-0.4, -0.2) is 37.0 Å². The maximum absolute atomic E-state index is 11.9. The standard InChI is InChI=1S/C17H28N2O3/c1-12(2)10-22-11-15(20)9-18-17(21)19-14(4)16-8-6-5-7-13(16)3/h5-8,12,14-15,20H,9-11H2,1-4H3,(H2,18,19,21). The first-order valence-corrected chi connectivity index (χ1v) is 7.75. The van der Waals surface area contributed by atoms with Gasteiger partial charge in [-0.25, -0.2) is 4.79 Å². The molecule has 0 bridgehead atoms. The number of hydrogen-bond donors (Lipinski definition) is 3. The van der Waals surface area contributed by atoms with Crippen molar-refractivity contribution in [2.75, 3.05) is 19.8 Å². The van der Waals surface area contributed by atoms with Crippen LogP contribution in [0.1, 0.15) is 37.9 Å². The Morgan fingerprint density at radius 2 is 1.91 bits per heavy atom. The van der Waals surface area contributed by atoms with Crippen molar-refractivity contribution < 1.29 is 14.6 Å². The summed E-state index contributed by atoms with van der Waals surface area (Å²) < 4.78 is 5.33. The molecule has 0 aromatic heterocycles. The molecule has 0 saturated carbocycles. The summed E-state index contributed by atoms with van der Waals surface area (Å²) in [4.78, 5) is 11.9. The van der Waals surface area contributed by atoms with E-state index in [9.17, 15) is 9.90 Å². The van der Waals surface area contributed by atoms with E-state index in [1.54, 1.807) is 0 Å². The lowest BCUT2D eigenvalue weighted by atomic mass is 10.0. The highest BCUT2D eigenvalue weighted by Gasteiger charge is 2.12. The number of aliphatic hydroxyl groups is 1. The number of benzene rings is 1. The molecule has 22 heavy (non-hydrogen) atoms. The number of rotatable bonds is 8. The Morgan fingerprint density at radius 1 is 1.23 bits per heavy atom. The molecular formula is C17H28N2O3. The minimum Gasteiger partial charge on any atom is -0.389 e. The fourth-order valence-electron chi connectivity index (χ4n) is 2.11. The highest BCUT2D eigenvalue weighted by Crippen LogP contribution is 2.16. The molecule has 0 saturated heterocycles. The van der Waals surface area contributed by atoms with Gasteiger partial charge in [-0.2, -0.15) is 0 Å². The molecule has 0 fully saturated rings. The van der Waals surface area contributed by atoms with E-state index < -0.39 is 6.10 Å². The lowest BCUT2D eigenvalue weighted by molar-refractivity contribution is 0.0272. The van der Waals surface area contributed by atoms with Crippen LogP contribution in [0.4, 0.5) is 4.79 Å². The number of carbonyl (C=O) groups is 1. The molecule has 5 nitrogen and oxygen atoms in total. The summed E-state index contributed by atoms with van der Waals surface area (Å²) in [5.41, 5.74) is 2.22. The van der Waals surface area contributed by atoms with Crippen molar-refractivity contribution in [3.05, 3.63) is 35.4 Å². The van der Waals surface area contributed by atoms with Crippen LogP contribution in [0.2, 0.25) is 0 Å². The third-order valence-electron chi connectivity index (χ3n) is 3.26. The summed E-state index contributed by atoms with van der Waals surface area (Å²) in [6.07, 6.45) is -0.696. The van der Waals surface area contributed by atoms with Crippen LogP contribution in [0.5, 0.6) is 0 Å². The summed E-state index contributed by atoms with van der Waals surface area (Å²) >= 11 is 0. The number of ether oxygens (including phenoxy) is 1. The molecule has 1 aromatic rings. The van der Waals surface area contributed by atoms with Crippen LogP contribution in [0.15, 0.2) is 24.3 Å². The lowest BCUT2D eigenvalue weighted by Gasteiger charge is -2.18. The van der Waals surface area contributed by atoms with Crippen molar-refractivity contribution in [3.8, 4) is 0 Å². The Balaban J connectivity index is 2.30. The topological polar surface area (TPSA) is 70.6 Å². The van der Waals surface area contributed by atoms with Crippen LogP contribution in [0.25, 0.3) is 0 Å². The van der Waals surface area contributed by atoms with Gasteiger partial charge in [0.05, 0.1) is 18.8 Å². The second kappa shape index (κ2) is 9.43. The van der Waals surface area contributed by atoms with Crippen LogP contribution in [0.3, 0.4) is 0 Å². The summed E-state index contributed by atoms with van der Waals surface area (Å²) in [6.45, 7) is 9.05. The third kappa shape index (κ3) is 6.91. The second-order valence-corrected chi connectivity index (χ2v) is 6.02. The number of amides is 2. The SMILES string of the molecule is Cc1ccccc1C(C)NC(=O)NCC(O)COCC(C)C. The maximum Gasteiger partial charge on any atom is 0.315 e. The van der Waals surface area contributed by atoms with Gasteiger partial charge in [-0.15, -0.1) is 0 Å². The highest BCUT2D eigenvalue weighted by molar-refractivity contribution is 5.74. The first-order chi connectivity index (χ1) is 10.4. The second-order valence-electron chi connectivity index (χ2n) is 6.02. The van der Waals surface area contributed by atoms with Crippen LogP contribution in [-0.2, 0) is 4.74 Å². The first kappa shape index (κ1) is 18.5. The zero-order valence-electron chi connectivity index (χ0n) is 13.9. The number of aryl methyl sites for hydroxylation is 1. The number of nitrogens with one attached hydrogen (secondary N) is 2. The fraction of sp³-hybridized carbons (Fsp3) is 0.588. The van der Waals surface area contributed by atoms with Gasteiger partial charge >= 0.3 is 6.03 Å². The molecule has 0 aliphatic rings. The smallest absolute Gasteiger partial charge is 0.315 e. The van der Waals surface area contributed by atoms with Crippen LogP contribution >= 0.6 is 0 Å². The molecule has 2 amide bonds. The molecular weight excluding hydrogens is 280 g/mol. The van der Waals surface area contributed by atoms with E-state index in [-0.39, 0.29) is 25.2 Å². The van der Waals surface area contributed by atoms with Gasteiger partial charge in [0.15, 0.2) is 0 Å². The molecule has 0 aliphatic carbocycles. The van der Waals surface area contributed by atoms with E-state index in [2.05, 4.69) is 10.6 Å². The van der Waals surface area contributed by atoms with E-state index in [0.717, 1.165) is 11.1 Å². The van der Waals surface area contributed by atoms with Gasteiger partial charge in [0.2, 0.25) is 0 Å². The Hall–Kier alpha value is -1.59. The number of carbonyl (C=O) groups excluding carboxylic acids is 1. The average molecular weight is 308 g/mol. The Morgan fingerprint density at radius 3 is 2.55 bits per heavy atom. The van der Waals surface area contributed by atoms with Crippen molar-refractivity contribution in [2.24, 2.45) is 5.92 Å². The van der Waals surface area contributed by atoms with Gasteiger partial charge in [0, 0.05) is 13.2 Å². The zero-order valence-corrected chi connectivity index (χ0v) is 13.9. The average Bonchev–Trinajstić information content (AvgIpc) is 2.45. The van der Waals surface area contributed by atoms with E-state index >= 15 is 0 Å². The van der Waals surface area contributed by atoms with Crippen molar-refractivity contribution in [1.82, 2.24) is 10.6 Å². The van der Waals surface area contributed by atoms with Crippen molar-refractivity contribution >= 4 is 6.03 Å². The zero-order chi connectivity index (χ0) is 16.5. The minimum absolute atomic E-state index is 0.0875. The molecule has 2 unspecified atom stereocenters. The first-order valence-electron chi connectivity index (χ1n) is 7.75. The van der Waals surface area contributed by atoms with E-state index in [0.29, 0.717) is 12.5 Å². The normalized spacial score (nSPS) is 13.7. The van der Waals surface area contributed by atoms with E-state index in [1.807, 2.05) is 52.0 Å². The predicted octanol–water partition coefficient (Wildman–Crippen LogP) is 2.39. The highest BCUT2D eigenvalue weighted by atomic mass is 16.5. The molecule has 0 spiro atoms. The lowest BCUT2D eigenvalue weighted by Crippen LogP contribution is -2.42. The monoisotopic (exact) mass is 308 g/mol. The molecule has 5 heteroatoms. The maximum atomic E-state index is 11.9. The fourth-order valence-corrected chi connectivity index (χ4v) is 2.11. The minimum atomic E-state index is -0.696. The van der Waals surface area contributed by atoms with Gasteiger partial charge in [-0.3, -0.25) is 0 Å². The predicted molar refractivity (Wildman–Crippen MR) is 87.8 cm³/mol. The Kier molecular flexibility index (Phi) is 7.91. The molecule has 0 heterocycles. The number of hydrogen-bond acceptors (Lipinski definition) is 3. The number of aliphatic hydroxyl groups excluding tert-OH is 1. The summed E-state index contributed by atoms with van der Waals surface area (Å²) in [6, 6.07) is 7.55. The summed E-state index contributed by atoms with van der Waals surface area (Å²) in [5.74, 6) is 0.429. The van der Waals surface area contributed by atoms with Crippen LogP contribution in [0, 0.1) is 12.8 Å². The molecule has 2 atom stereocenters. The Bertz CT molecular complexity index is 463. The largest absolute Gasteiger partial charge is 0.389 e. The quantitative estimate of drug-likeness (QED) is 0.690. The van der Waals surface area contributed by atoms with Gasteiger partial charge in [0.1, 0.15) is 0 Å². The van der Waals surface area contributed by atoms with Gasteiger partial charge in [-0.1, -0.05) is 38.1 Å². The molecule has 124 valence electrons. The molecule has 0 radical (unpaired) electrons. The molecule has 3 N–H and O–H groups in total. The van der Waals surface area contributed by atoms with Crippen molar-refractivity contribution in [2.45, 2.75) is 39.8 Å². The molecule has 1 rings (SSSR count). The number of urea groups is 1. The van der Waals surface area contributed by atoms with Crippen molar-refractivity contribution in [1.29, 1.82) is 0 Å². The van der Waals surface area contributed by atoms with Gasteiger partial charge < -0.3 is 20.5 Å². The van der Waals surface area contributed by atoms with Gasteiger partial charge in [0.25, 0.3) is 0 Å². The molecule has 1 aromatic carbocycles. The van der Waals surface area contributed by atoms with Crippen LogP contribution < -0.4 is 10.6 Å². The molecule has 0 aliphatic heterocycles. The van der Waals surface area contributed by atoms with Crippen molar-refractivity contribution in [3.63, 3.8) is 0 Å². The van der Waals surface area contributed by atoms with E-state index in [1.165, 1.54) is 0 Å². The third-order valence-corrected chi connectivity index (χ3v) is 3.26. The summed E-state index contributed by atoms with van der Waals surface area (Å²) in [5, 5.41) is 15.3.